The first kappa shape index (κ1) is 23.5. The number of allylic oxidation sites excluding steroid dienone is 1. The first-order valence-corrected chi connectivity index (χ1v) is 10.6. The lowest BCUT2D eigenvalue weighted by molar-refractivity contribution is 0.105. The van der Waals surface area contributed by atoms with Crippen molar-refractivity contribution in [2.75, 3.05) is 0 Å². The number of halogens is 4. The molecule has 0 radical (unpaired) electrons. The summed E-state index contributed by atoms with van der Waals surface area (Å²) in [6.07, 6.45) is 0. The number of ketones is 1. The molecule has 152 valence electrons. The summed E-state index contributed by atoms with van der Waals surface area (Å²) in [5.41, 5.74) is 1.14. The van der Waals surface area contributed by atoms with Crippen molar-refractivity contribution in [2.24, 2.45) is 0 Å². The van der Waals surface area contributed by atoms with Gasteiger partial charge in [0.15, 0.2) is 0 Å². The molecule has 7 heteroatoms. The van der Waals surface area contributed by atoms with Crippen molar-refractivity contribution in [1.29, 1.82) is 0 Å². The van der Waals surface area contributed by atoms with Crippen molar-refractivity contribution >= 4 is 74.4 Å². The fraction of sp³-hybridized carbons (Fsp3) is 0.182. The Kier molecular flexibility index (Phi) is 7.95. The van der Waals surface area contributed by atoms with Gasteiger partial charge in [0, 0.05) is 5.39 Å². The number of carbonyl (C=O) groups excluding carboxylic acids is 1. The lowest BCUT2D eigenvalue weighted by Gasteiger charge is -2.09. The van der Waals surface area contributed by atoms with E-state index in [1.165, 1.54) is 0 Å². The highest BCUT2D eigenvalue weighted by molar-refractivity contribution is 6.56. The van der Waals surface area contributed by atoms with E-state index in [0.717, 1.165) is 5.39 Å². The average Bonchev–Trinajstić information content (AvgIpc) is 3.03. The Balaban J connectivity index is 0.000000707. The Morgan fingerprint density at radius 2 is 1.31 bits per heavy atom. The van der Waals surface area contributed by atoms with Crippen LogP contribution in [0.2, 0.25) is 20.1 Å². The molecule has 1 heterocycles. The summed E-state index contributed by atoms with van der Waals surface area (Å²) in [7, 11) is 0. The third-order valence-electron chi connectivity index (χ3n) is 4.05. The van der Waals surface area contributed by atoms with Gasteiger partial charge in [-0.05, 0) is 12.1 Å². The van der Waals surface area contributed by atoms with Crippen molar-refractivity contribution in [3.05, 3.63) is 73.3 Å². The topological polar surface area (TPSA) is 50.2 Å². The van der Waals surface area contributed by atoms with Crippen LogP contribution < -0.4 is 0 Å². The highest BCUT2D eigenvalue weighted by Crippen LogP contribution is 2.49. The molecule has 3 nitrogen and oxygen atoms in total. The predicted octanol–water partition coefficient (Wildman–Crippen LogP) is 8.52. The van der Waals surface area contributed by atoms with E-state index in [1.807, 2.05) is 58.0 Å². The summed E-state index contributed by atoms with van der Waals surface area (Å²) in [5, 5.41) is 11.4. The first-order valence-electron chi connectivity index (χ1n) is 9.12. The Morgan fingerprint density at radius 1 is 0.759 bits per heavy atom. The smallest absolute Gasteiger partial charge is 0.201 e. The summed E-state index contributed by atoms with van der Waals surface area (Å²) in [6, 6.07) is 10.9. The van der Waals surface area contributed by atoms with Crippen LogP contribution in [0.25, 0.3) is 22.2 Å². The maximum atomic E-state index is 12.9. The molecule has 0 bridgehead atoms. The summed E-state index contributed by atoms with van der Waals surface area (Å²) in [5.74, 6) is -0.811. The fourth-order valence-corrected chi connectivity index (χ4v) is 3.90. The molecular weight excluding hydrogens is 452 g/mol. The number of aliphatic hydroxyl groups is 1. The highest BCUT2D eigenvalue weighted by Gasteiger charge is 2.37. The largest absolute Gasteiger partial charge is 0.506 e. The average molecular weight is 471 g/mol. The lowest BCUT2D eigenvalue weighted by Crippen LogP contribution is -2.02. The number of hydrogen-bond donors (Lipinski definition) is 1. The SMILES string of the molecule is CC.CC.O=C1C(c2ccc3ccccc3n2)=C(O)c2c(Cl)c(Cl)c(Cl)c(Cl)c21. The van der Waals surface area contributed by atoms with Gasteiger partial charge < -0.3 is 5.11 Å². The first-order chi connectivity index (χ1) is 13.9. The van der Waals surface area contributed by atoms with Gasteiger partial charge in [-0.3, -0.25) is 4.79 Å². The lowest BCUT2D eigenvalue weighted by atomic mass is 10.1. The Hall–Kier alpha value is -1.78. The number of para-hydroxylation sites is 1. The van der Waals surface area contributed by atoms with E-state index in [1.54, 1.807) is 6.07 Å². The van der Waals surface area contributed by atoms with E-state index in [2.05, 4.69) is 4.98 Å². The molecule has 0 fully saturated rings. The summed E-state index contributed by atoms with van der Waals surface area (Å²) >= 11 is 24.4. The highest BCUT2D eigenvalue weighted by atomic mass is 35.5. The summed E-state index contributed by atoms with van der Waals surface area (Å²) in [4.78, 5) is 17.3. The molecule has 1 aromatic heterocycles. The number of aliphatic hydroxyl groups excluding tert-OH is 1. The van der Waals surface area contributed by atoms with Gasteiger partial charge in [-0.2, -0.15) is 0 Å². The molecule has 0 amide bonds. The van der Waals surface area contributed by atoms with Gasteiger partial charge in [-0.15, -0.1) is 0 Å². The third-order valence-corrected chi connectivity index (χ3v) is 5.85. The van der Waals surface area contributed by atoms with Crippen LogP contribution in [-0.2, 0) is 0 Å². The number of benzene rings is 2. The number of aromatic nitrogens is 1. The number of Topliss-reactive ketones (excluding diaryl/α,β-unsaturated/α-hetero) is 1. The van der Waals surface area contributed by atoms with E-state index in [9.17, 15) is 9.90 Å². The molecular formula is C22H19Cl4NO2. The van der Waals surface area contributed by atoms with Gasteiger partial charge in [0.1, 0.15) is 5.76 Å². The minimum atomic E-state index is -0.499. The predicted molar refractivity (Wildman–Crippen MR) is 125 cm³/mol. The maximum Gasteiger partial charge on any atom is 0.201 e. The van der Waals surface area contributed by atoms with Crippen LogP contribution >= 0.6 is 46.4 Å². The fourth-order valence-electron chi connectivity index (χ4n) is 2.87. The molecule has 0 unspecified atom stereocenters. The minimum absolute atomic E-state index is 0.0147. The van der Waals surface area contributed by atoms with E-state index >= 15 is 0 Å². The number of hydrogen-bond acceptors (Lipinski definition) is 3. The Bertz CT molecular complexity index is 1120. The Labute approximate surface area is 189 Å². The number of rotatable bonds is 1. The third kappa shape index (κ3) is 3.97. The van der Waals surface area contributed by atoms with Gasteiger partial charge in [0.2, 0.25) is 5.78 Å². The van der Waals surface area contributed by atoms with Crippen molar-refractivity contribution in [3.63, 3.8) is 0 Å². The van der Waals surface area contributed by atoms with Crippen LogP contribution in [0.5, 0.6) is 0 Å². The molecule has 1 N–H and O–H groups in total. The normalized spacial score (nSPS) is 12.2. The van der Waals surface area contributed by atoms with Crippen molar-refractivity contribution in [2.45, 2.75) is 27.7 Å². The zero-order valence-electron chi connectivity index (χ0n) is 16.3. The Morgan fingerprint density at radius 3 is 1.93 bits per heavy atom. The molecule has 3 aromatic rings. The number of nitrogens with zero attached hydrogens (tertiary/aromatic N) is 1. The second kappa shape index (κ2) is 9.82. The van der Waals surface area contributed by atoms with Crippen LogP contribution in [-0.4, -0.2) is 15.9 Å². The monoisotopic (exact) mass is 469 g/mol. The van der Waals surface area contributed by atoms with Crippen LogP contribution in [0.15, 0.2) is 36.4 Å². The maximum absolute atomic E-state index is 12.9. The van der Waals surface area contributed by atoms with E-state index in [4.69, 9.17) is 46.4 Å². The van der Waals surface area contributed by atoms with Crippen LogP contribution in [0.1, 0.15) is 49.3 Å². The van der Waals surface area contributed by atoms with Gasteiger partial charge in [-0.1, -0.05) is 98.4 Å². The zero-order chi connectivity index (χ0) is 21.9. The molecule has 2 aromatic carbocycles. The van der Waals surface area contributed by atoms with Crippen molar-refractivity contribution < 1.29 is 9.90 Å². The van der Waals surface area contributed by atoms with Gasteiger partial charge in [0.25, 0.3) is 0 Å². The van der Waals surface area contributed by atoms with Crippen molar-refractivity contribution in [3.8, 4) is 0 Å². The number of pyridine rings is 1. The van der Waals surface area contributed by atoms with Gasteiger partial charge in [0.05, 0.1) is 48.0 Å². The molecule has 1 aliphatic carbocycles. The van der Waals surface area contributed by atoms with Crippen LogP contribution in [0, 0.1) is 0 Å². The molecule has 4 rings (SSSR count). The van der Waals surface area contributed by atoms with Gasteiger partial charge in [-0.25, -0.2) is 4.98 Å². The van der Waals surface area contributed by atoms with E-state index in [0.29, 0.717) is 11.2 Å². The van der Waals surface area contributed by atoms with Crippen molar-refractivity contribution in [1.82, 2.24) is 4.98 Å². The molecule has 1 aliphatic rings. The second-order valence-electron chi connectivity index (χ2n) is 5.45. The summed E-state index contributed by atoms with van der Waals surface area (Å²) < 4.78 is 0. The quantitative estimate of drug-likeness (QED) is 0.286. The number of carbonyl (C=O) groups is 1. The molecule has 0 saturated heterocycles. The van der Waals surface area contributed by atoms with Crippen LogP contribution in [0.3, 0.4) is 0 Å². The zero-order valence-corrected chi connectivity index (χ0v) is 19.3. The second-order valence-corrected chi connectivity index (χ2v) is 6.96. The van der Waals surface area contributed by atoms with Crippen LogP contribution in [0.4, 0.5) is 0 Å². The summed E-state index contributed by atoms with van der Waals surface area (Å²) in [6.45, 7) is 8.00. The molecule has 0 spiro atoms. The molecule has 0 atom stereocenters. The molecule has 0 saturated carbocycles. The van der Waals surface area contributed by atoms with Gasteiger partial charge >= 0.3 is 0 Å². The minimum Gasteiger partial charge on any atom is -0.506 e. The standard InChI is InChI=1S/C18H7Cl4NO2.2C2H6/c19-13-11-12(14(20)16(22)15(13)21)18(25)10(17(11)24)9-6-5-7-3-1-2-4-8(7)23-9;2*1-2/h1-6,24H;2*1-2H3. The number of fused-ring (bicyclic) bond motifs is 2. The molecule has 0 aliphatic heterocycles. The van der Waals surface area contributed by atoms with E-state index < -0.39 is 5.78 Å². The van der Waals surface area contributed by atoms with E-state index in [-0.39, 0.29) is 42.5 Å². The molecule has 29 heavy (non-hydrogen) atoms.